The molecule has 4 aromatic rings. The number of rotatable bonds is 10. The van der Waals surface area contributed by atoms with Gasteiger partial charge in [-0.25, -0.2) is 27.9 Å². The summed E-state index contributed by atoms with van der Waals surface area (Å²) in [5.74, 6) is -1.91. The summed E-state index contributed by atoms with van der Waals surface area (Å²) in [4.78, 5) is 45.5. The van der Waals surface area contributed by atoms with E-state index in [-0.39, 0.29) is 42.1 Å². The van der Waals surface area contributed by atoms with E-state index in [0.717, 1.165) is 4.57 Å². The van der Waals surface area contributed by atoms with Crippen molar-refractivity contribution >= 4 is 29.2 Å². The number of carbonyl (C=O) groups is 1. The third-order valence-electron chi connectivity index (χ3n) is 6.42. The lowest BCUT2D eigenvalue weighted by Gasteiger charge is -2.16. The highest BCUT2D eigenvalue weighted by atomic mass is 35.5. The zero-order valence-electron chi connectivity index (χ0n) is 20.7. The van der Waals surface area contributed by atoms with Crippen LogP contribution in [0.25, 0.3) is 0 Å². The Morgan fingerprint density at radius 3 is 2.48 bits per heavy atom. The molecule has 206 valence electrons. The Morgan fingerprint density at radius 2 is 1.82 bits per heavy atom. The van der Waals surface area contributed by atoms with Gasteiger partial charge < -0.3 is 15.2 Å². The Morgan fingerprint density at radius 1 is 1.10 bits per heavy atom. The summed E-state index contributed by atoms with van der Waals surface area (Å²) >= 11 is 5.98. The van der Waals surface area contributed by atoms with Gasteiger partial charge in [0.25, 0.3) is 6.43 Å². The second kappa shape index (κ2) is 11.3. The molecule has 2 aromatic carbocycles. The van der Waals surface area contributed by atoms with Crippen LogP contribution >= 0.6 is 11.6 Å². The molecule has 1 aliphatic rings. The zero-order valence-corrected chi connectivity index (χ0v) is 21.5. The number of hydrogen-bond acceptors (Lipinski definition) is 7. The van der Waals surface area contributed by atoms with Crippen molar-refractivity contribution in [3.05, 3.63) is 104 Å². The first kappa shape index (κ1) is 27.0. The van der Waals surface area contributed by atoms with Crippen molar-refractivity contribution in [3.8, 4) is 11.6 Å². The van der Waals surface area contributed by atoms with Crippen LogP contribution in [0.5, 0.6) is 11.6 Å². The molecule has 40 heavy (non-hydrogen) atoms. The Hall–Kier alpha value is -4.58. The van der Waals surface area contributed by atoms with E-state index in [1.54, 1.807) is 36.4 Å². The average Bonchev–Trinajstić information content (AvgIpc) is 3.71. The molecule has 0 unspecified atom stereocenters. The van der Waals surface area contributed by atoms with Gasteiger partial charge in [0.15, 0.2) is 0 Å². The highest BCUT2D eigenvalue weighted by Gasteiger charge is 2.43. The van der Waals surface area contributed by atoms with E-state index in [1.165, 1.54) is 35.0 Å². The van der Waals surface area contributed by atoms with Gasteiger partial charge in [0.1, 0.15) is 5.75 Å². The molecule has 0 bridgehead atoms. The number of anilines is 2. The largest absolute Gasteiger partial charge is 0.481 e. The summed E-state index contributed by atoms with van der Waals surface area (Å²) in [6.45, 7) is -0.00138. The molecule has 5 rings (SSSR count). The Balaban J connectivity index is 1.43. The van der Waals surface area contributed by atoms with Crippen molar-refractivity contribution in [1.82, 2.24) is 19.1 Å². The van der Waals surface area contributed by atoms with Crippen LogP contribution < -0.4 is 21.4 Å². The third-order valence-corrected chi connectivity index (χ3v) is 6.67. The fourth-order valence-corrected chi connectivity index (χ4v) is 4.31. The van der Waals surface area contributed by atoms with Crippen molar-refractivity contribution in [2.45, 2.75) is 25.9 Å². The van der Waals surface area contributed by atoms with E-state index < -0.39 is 29.7 Å². The molecule has 0 saturated heterocycles. The molecular formula is C27H22ClF2N5O5. The molecule has 2 heterocycles. The number of hydrogen-bond donors (Lipinski definition) is 2. The number of aliphatic carboxylic acids is 1. The average molecular weight is 570 g/mol. The molecule has 1 saturated carbocycles. The second-order valence-electron chi connectivity index (χ2n) is 9.21. The molecule has 10 nitrogen and oxygen atoms in total. The van der Waals surface area contributed by atoms with Crippen molar-refractivity contribution in [1.29, 1.82) is 0 Å². The van der Waals surface area contributed by atoms with Crippen molar-refractivity contribution in [2.75, 3.05) is 5.32 Å². The quantitative estimate of drug-likeness (QED) is 0.281. The Bertz CT molecular complexity index is 1660. The Kier molecular flexibility index (Phi) is 7.60. The maximum Gasteiger partial charge on any atom is 0.354 e. The fraction of sp³-hybridized carbons (Fsp3) is 0.222. The standard InChI is InChI=1S/C27H22ClF2N5O5/c28-17-5-3-15(4-6-17)13-34-25(33-26(38)35(27(34)39)14-16-12-21(16)24(36)37)32-18-7-9-19(10-8-18)40-23-20(22(29)30)2-1-11-31-23/h1-11,16,21-22H,12-14H2,(H,36,37)(H,32,33,38)/t16-,21-/m1/s1. The lowest BCUT2D eigenvalue weighted by atomic mass is 10.2. The summed E-state index contributed by atoms with van der Waals surface area (Å²) in [7, 11) is 0. The number of nitrogens with one attached hydrogen (secondary N) is 1. The van der Waals surface area contributed by atoms with Crippen LogP contribution in [0.2, 0.25) is 5.02 Å². The maximum absolute atomic E-state index is 13.4. The highest BCUT2D eigenvalue weighted by Crippen LogP contribution is 2.39. The molecular weight excluding hydrogens is 548 g/mol. The number of carboxylic acids is 1. The molecule has 13 heteroatoms. The van der Waals surface area contributed by atoms with Crippen molar-refractivity contribution in [2.24, 2.45) is 11.8 Å². The lowest BCUT2D eigenvalue weighted by Crippen LogP contribution is -2.43. The molecule has 1 fully saturated rings. The van der Waals surface area contributed by atoms with E-state index in [1.807, 2.05) is 0 Å². The number of halogens is 3. The summed E-state index contributed by atoms with van der Waals surface area (Å²) in [5.41, 5.74) is -0.662. The lowest BCUT2D eigenvalue weighted by molar-refractivity contribution is -0.138. The monoisotopic (exact) mass is 569 g/mol. The van der Waals surface area contributed by atoms with Crippen LogP contribution in [-0.4, -0.2) is 30.2 Å². The molecule has 2 N–H and O–H groups in total. The van der Waals surface area contributed by atoms with Crippen LogP contribution in [0.1, 0.15) is 24.0 Å². The number of pyridine rings is 1. The smallest absolute Gasteiger partial charge is 0.354 e. The van der Waals surface area contributed by atoms with Gasteiger partial charge >= 0.3 is 17.3 Å². The van der Waals surface area contributed by atoms with Gasteiger partial charge in [-0.2, -0.15) is 4.98 Å². The van der Waals surface area contributed by atoms with Gasteiger partial charge in [-0.15, -0.1) is 0 Å². The summed E-state index contributed by atoms with van der Waals surface area (Å²) in [5, 5.41) is 12.7. The number of alkyl halides is 2. The SMILES string of the molecule is O=C(O)[C@@H]1C[C@@H]1Cn1c(=O)nc(Nc2ccc(Oc3ncccc3C(F)F)cc2)n(Cc2ccc(Cl)cc2)c1=O. The minimum Gasteiger partial charge on any atom is -0.481 e. The molecule has 1 aliphatic carbocycles. The first-order valence-corrected chi connectivity index (χ1v) is 12.5. The summed E-state index contributed by atoms with van der Waals surface area (Å²) < 4.78 is 34.2. The topological polar surface area (TPSA) is 128 Å². The van der Waals surface area contributed by atoms with Crippen molar-refractivity contribution in [3.63, 3.8) is 0 Å². The van der Waals surface area contributed by atoms with E-state index >= 15 is 0 Å². The van der Waals surface area contributed by atoms with Crippen LogP contribution in [0.4, 0.5) is 20.4 Å². The maximum atomic E-state index is 13.4. The molecule has 2 aromatic heterocycles. The number of nitrogens with zero attached hydrogens (tertiary/aromatic N) is 4. The zero-order chi connectivity index (χ0) is 28.4. The number of benzene rings is 2. The summed E-state index contributed by atoms with van der Waals surface area (Å²) in [6, 6.07) is 15.5. The fourth-order valence-electron chi connectivity index (χ4n) is 4.18. The van der Waals surface area contributed by atoms with Gasteiger partial charge in [-0.3, -0.25) is 9.36 Å². The summed E-state index contributed by atoms with van der Waals surface area (Å²) in [6.07, 6.45) is -1.04. The molecule has 0 aliphatic heterocycles. The third kappa shape index (κ3) is 6.01. The van der Waals surface area contributed by atoms with Crippen LogP contribution in [0.15, 0.2) is 76.4 Å². The minimum atomic E-state index is -2.76. The highest BCUT2D eigenvalue weighted by molar-refractivity contribution is 6.30. The van der Waals surface area contributed by atoms with Crippen LogP contribution in [0.3, 0.4) is 0 Å². The van der Waals surface area contributed by atoms with Gasteiger partial charge in [-0.05, 0) is 66.4 Å². The van der Waals surface area contributed by atoms with Crippen LogP contribution in [-0.2, 0) is 17.9 Å². The number of carboxylic acid groups (broad SMARTS) is 1. The molecule has 0 amide bonds. The normalized spacial score (nSPS) is 16.1. The predicted octanol–water partition coefficient (Wildman–Crippen LogP) is 4.70. The van der Waals surface area contributed by atoms with E-state index in [2.05, 4.69) is 15.3 Å². The van der Waals surface area contributed by atoms with Gasteiger partial charge in [-0.1, -0.05) is 23.7 Å². The first-order valence-electron chi connectivity index (χ1n) is 12.2. The van der Waals surface area contributed by atoms with Gasteiger partial charge in [0.05, 0.1) is 18.0 Å². The molecule has 0 spiro atoms. The Labute approximate surface area is 230 Å². The van der Waals surface area contributed by atoms with Gasteiger partial charge in [0, 0.05) is 23.5 Å². The van der Waals surface area contributed by atoms with Gasteiger partial charge in [0.2, 0.25) is 11.8 Å². The minimum absolute atomic E-state index is 0.0369. The van der Waals surface area contributed by atoms with E-state index in [0.29, 0.717) is 22.7 Å². The number of aromatic nitrogens is 4. The van der Waals surface area contributed by atoms with E-state index in [4.69, 9.17) is 16.3 Å². The number of ether oxygens (including phenoxy) is 1. The van der Waals surface area contributed by atoms with E-state index in [9.17, 15) is 28.3 Å². The first-order chi connectivity index (χ1) is 19.2. The predicted molar refractivity (Wildman–Crippen MR) is 142 cm³/mol. The molecule has 2 atom stereocenters. The molecule has 0 radical (unpaired) electrons. The second-order valence-corrected chi connectivity index (χ2v) is 9.65. The van der Waals surface area contributed by atoms with Crippen LogP contribution in [0, 0.1) is 11.8 Å². The van der Waals surface area contributed by atoms with Crippen molar-refractivity contribution < 1.29 is 23.4 Å².